The van der Waals surface area contributed by atoms with Gasteiger partial charge in [-0.05, 0) is 34.2 Å². The maximum Gasteiger partial charge on any atom is 0.126 e. The highest BCUT2D eigenvalue weighted by Crippen LogP contribution is 2.31. The van der Waals surface area contributed by atoms with E-state index in [0.29, 0.717) is 0 Å². The van der Waals surface area contributed by atoms with Crippen molar-refractivity contribution in [2.24, 2.45) is 0 Å². The minimum absolute atomic E-state index is 0.870. The average molecular weight is 282 g/mol. The molecule has 0 saturated heterocycles. The summed E-state index contributed by atoms with van der Waals surface area (Å²) in [6.45, 7) is 1.04. The van der Waals surface area contributed by atoms with Gasteiger partial charge in [0.25, 0.3) is 0 Å². The van der Waals surface area contributed by atoms with Crippen molar-refractivity contribution in [2.45, 2.75) is 6.54 Å². The maximum absolute atomic E-state index is 4.57. The fourth-order valence-corrected chi connectivity index (χ4v) is 3.80. The molecule has 1 atom stereocenters. The maximum atomic E-state index is 4.57. The van der Waals surface area contributed by atoms with Crippen LogP contribution in [0, 0.1) is 0 Å². The number of nitrogens with zero attached hydrogens (tertiary/aromatic N) is 3. The van der Waals surface area contributed by atoms with Crippen molar-refractivity contribution in [3.8, 4) is 11.4 Å². The van der Waals surface area contributed by atoms with E-state index >= 15 is 0 Å². The van der Waals surface area contributed by atoms with Crippen molar-refractivity contribution in [1.29, 1.82) is 0 Å². The Morgan fingerprint density at radius 3 is 3.07 bits per heavy atom. The molecule has 1 aliphatic rings. The Morgan fingerprint density at radius 2 is 2.33 bits per heavy atom. The molecule has 0 N–H and O–H groups in total. The molecule has 15 heavy (non-hydrogen) atoms. The van der Waals surface area contributed by atoms with Gasteiger partial charge >= 0.3 is 0 Å². The predicted molar refractivity (Wildman–Crippen MR) is 66.0 cm³/mol. The number of fused-ring (bicyclic) bond motifs is 1. The van der Waals surface area contributed by atoms with Crippen LogP contribution in [-0.2, 0) is 6.54 Å². The van der Waals surface area contributed by atoms with Gasteiger partial charge in [-0.25, -0.2) is 0 Å². The van der Waals surface area contributed by atoms with E-state index in [9.17, 15) is 0 Å². The first-order valence-corrected chi connectivity index (χ1v) is 6.78. The zero-order valence-electron chi connectivity index (χ0n) is 7.94. The standard InChI is InChI=1S/C10H9BrN3P/c11-8-9(7-3-1-2-4-12-7)13-14-5-6-15-10(8)14/h1-4,15H,5-6H2. The Morgan fingerprint density at radius 1 is 1.40 bits per heavy atom. The van der Waals surface area contributed by atoms with Gasteiger partial charge in [0.05, 0.1) is 15.6 Å². The second-order valence-electron chi connectivity index (χ2n) is 3.38. The lowest BCUT2D eigenvalue weighted by Gasteiger charge is -1.96. The van der Waals surface area contributed by atoms with Crippen LogP contribution in [0.2, 0.25) is 0 Å². The van der Waals surface area contributed by atoms with Crippen LogP contribution in [-0.4, -0.2) is 20.9 Å². The van der Waals surface area contributed by atoms with Gasteiger partial charge in [-0.3, -0.25) is 9.67 Å². The minimum Gasteiger partial charge on any atom is -0.263 e. The molecule has 76 valence electrons. The van der Waals surface area contributed by atoms with Crippen molar-refractivity contribution >= 4 is 29.9 Å². The van der Waals surface area contributed by atoms with E-state index in [0.717, 1.165) is 31.0 Å². The Hall–Kier alpha value is -0.730. The zero-order chi connectivity index (χ0) is 10.3. The smallest absolute Gasteiger partial charge is 0.126 e. The fraction of sp³-hybridized carbons (Fsp3) is 0.200. The van der Waals surface area contributed by atoms with Crippen LogP contribution in [0.25, 0.3) is 11.4 Å². The van der Waals surface area contributed by atoms with E-state index in [1.54, 1.807) is 6.20 Å². The normalized spacial score (nSPS) is 15.8. The summed E-state index contributed by atoms with van der Waals surface area (Å²) in [7, 11) is 0.870. The molecule has 0 fully saturated rings. The quantitative estimate of drug-likeness (QED) is 0.749. The molecule has 3 rings (SSSR count). The van der Waals surface area contributed by atoms with Crippen LogP contribution in [0.4, 0.5) is 0 Å². The van der Waals surface area contributed by atoms with Crippen molar-refractivity contribution in [2.75, 3.05) is 6.16 Å². The zero-order valence-corrected chi connectivity index (χ0v) is 10.5. The molecule has 1 aliphatic heterocycles. The van der Waals surface area contributed by atoms with E-state index in [4.69, 9.17) is 0 Å². The topological polar surface area (TPSA) is 30.7 Å². The first-order chi connectivity index (χ1) is 7.36. The molecule has 2 aromatic heterocycles. The SMILES string of the molecule is Brc1c(-c2ccccn2)nn2c1PCC2. The molecular weight excluding hydrogens is 273 g/mol. The lowest BCUT2D eigenvalue weighted by Crippen LogP contribution is -2.05. The summed E-state index contributed by atoms with van der Waals surface area (Å²) in [5.41, 5.74) is 3.24. The Bertz CT molecular complexity index is 495. The molecule has 0 bridgehead atoms. The van der Waals surface area contributed by atoms with Crippen molar-refractivity contribution in [1.82, 2.24) is 14.8 Å². The highest BCUT2D eigenvalue weighted by molar-refractivity contribution is 9.10. The molecule has 0 radical (unpaired) electrons. The van der Waals surface area contributed by atoms with E-state index in [1.807, 2.05) is 18.2 Å². The van der Waals surface area contributed by atoms with Gasteiger partial charge in [0.1, 0.15) is 5.69 Å². The summed E-state index contributed by atoms with van der Waals surface area (Å²) in [6, 6.07) is 5.90. The molecule has 2 aromatic rings. The lowest BCUT2D eigenvalue weighted by molar-refractivity contribution is 0.702. The molecule has 0 aromatic carbocycles. The third-order valence-electron chi connectivity index (χ3n) is 2.42. The Balaban J connectivity index is 2.14. The van der Waals surface area contributed by atoms with Gasteiger partial charge in [-0.2, -0.15) is 5.10 Å². The highest BCUT2D eigenvalue weighted by Gasteiger charge is 2.21. The third-order valence-corrected chi connectivity index (χ3v) is 4.85. The van der Waals surface area contributed by atoms with E-state index in [2.05, 4.69) is 30.7 Å². The lowest BCUT2D eigenvalue weighted by atomic mass is 10.3. The second kappa shape index (κ2) is 3.69. The fourth-order valence-electron chi connectivity index (χ4n) is 1.72. The summed E-state index contributed by atoms with van der Waals surface area (Å²) in [4.78, 5) is 4.32. The van der Waals surface area contributed by atoms with Crippen molar-refractivity contribution in [3.63, 3.8) is 0 Å². The van der Waals surface area contributed by atoms with Crippen LogP contribution in [0.15, 0.2) is 28.9 Å². The summed E-state index contributed by atoms with van der Waals surface area (Å²) in [5, 5.41) is 4.57. The molecule has 5 heteroatoms. The van der Waals surface area contributed by atoms with Crippen molar-refractivity contribution < 1.29 is 0 Å². The number of halogens is 1. The average Bonchev–Trinajstić information content (AvgIpc) is 2.83. The largest absolute Gasteiger partial charge is 0.263 e. The van der Waals surface area contributed by atoms with Crippen LogP contribution in [0.5, 0.6) is 0 Å². The van der Waals surface area contributed by atoms with Gasteiger partial charge in [0, 0.05) is 12.7 Å². The number of aromatic nitrogens is 3. The number of hydrogen-bond acceptors (Lipinski definition) is 2. The second-order valence-corrected chi connectivity index (χ2v) is 5.50. The minimum atomic E-state index is 0.870. The van der Waals surface area contributed by atoms with Gasteiger partial charge in [0.15, 0.2) is 0 Å². The number of hydrogen-bond donors (Lipinski definition) is 0. The molecule has 1 unspecified atom stereocenters. The van der Waals surface area contributed by atoms with Gasteiger partial charge in [-0.15, -0.1) is 0 Å². The van der Waals surface area contributed by atoms with Crippen molar-refractivity contribution in [3.05, 3.63) is 28.9 Å². The molecular formula is C10H9BrN3P. The third kappa shape index (κ3) is 1.52. The summed E-state index contributed by atoms with van der Waals surface area (Å²) in [5.74, 6) is 0. The molecule has 0 aliphatic carbocycles. The van der Waals surface area contributed by atoms with Crippen LogP contribution in [0.3, 0.4) is 0 Å². The van der Waals surface area contributed by atoms with Crippen LogP contribution < -0.4 is 5.44 Å². The van der Waals surface area contributed by atoms with E-state index in [1.165, 1.54) is 11.6 Å². The van der Waals surface area contributed by atoms with Gasteiger partial charge < -0.3 is 0 Å². The molecule has 0 amide bonds. The van der Waals surface area contributed by atoms with Gasteiger partial charge in [-0.1, -0.05) is 14.6 Å². The monoisotopic (exact) mass is 281 g/mol. The first-order valence-electron chi connectivity index (χ1n) is 4.78. The first kappa shape index (κ1) is 9.49. The summed E-state index contributed by atoms with van der Waals surface area (Å²) in [6.07, 6.45) is 3.03. The number of rotatable bonds is 1. The summed E-state index contributed by atoms with van der Waals surface area (Å²) < 4.78 is 3.21. The molecule has 0 spiro atoms. The van der Waals surface area contributed by atoms with Crippen LogP contribution in [0.1, 0.15) is 0 Å². The molecule has 3 heterocycles. The Kier molecular flexibility index (Phi) is 2.33. The number of pyridine rings is 1. The molecule has 0 saturated carbocycles. The highest BCUT2D eigenvalue weighted by atomic mass is 79.9. The number of aryl methyl sites for hydroxylation is 1. The van der Waals surface area contributed by atoms with Gasteiger partial charge in [0.2, 0.25) is 0 Å². The van der Waals surface area contributed by atoms with Crippen LogP contribution >= 0.6 is 24.5 Å². The summed E-state index contributed by atoms with van der Waals surface area (Å²) >= 11 is 3.62. The van der Waals surface area contributed by atoms with E-state index < -0.39 is 0 Å². The Labute approximate surface area is 97.8 Å². The van der Waals surface area contributed by atoms with E-state index in [-0.39, 0.29) is 0 Å². The molecule has 3 nitrogen and oxygen atoms in total. The predicted octanol–water partition coefficient (Wildman–Crippen LogP) is 2.02.